The van der Waals surface area contributed by atoms with E-state index in [1.54, 1.807) is 13.2 Å². The Hall–Kier alpha value is -2.76. The fourth-order valence-corrected chi connectivity index (χ4v) is 4.95. The third-order valence-electron chi connectivity index (χ3n) is 6.74. The minimum atomic E-state index is -4.43. The summed E-state index contributed by atoms with van der Waals surface area (Å²) in [5, 5.41) is 0.634. The second kappa shape index (κ2) is 8.64. The van der Waals surface area contributed by atoms with E-state index in [9.17, 15) is 18.0 Å². The van der Waals surface area contributed by atoms with Gasteiger partial charge in [0.05, 0.1) is 23.6 Å². The first-order chi connectivity index (χ1) is 15.3. The molecule has 6 heteroatoms. The summed E-state index contributed by atoms with van der Waals surface area (Å²) in [5.41, 5.74) is 0.894. The summed E-state index contributed by atoms with van der Waals surface area (Å²) < 4.78 is 50.0. The molecule has 0 amide bonds. The third-order valence-corrected chi connectivity index (χ3v) is 6.74. The van der Waals surface area contributed by atoms with E-state index < -0.39 is 17.4 Å². The van der Waals surface area contributed by atoms with Crippen molar-refractivity contribution in [3.8, 4) is 16.9 Å². The first-order valence-corrected chi connectivity index (χ1v) is 11.1. The van der Waals surface area contributed by atoms with Crippen LogP contribution in [0.1, 0.15) is 63.0 Å². The van der Waals surface area contributed by atoms with Crippen molar-refractivity contribution in [1.82, 2.24) is 0 Å². The van der Waals surface area contributed by atoms with Gasteiger partial charge in [0.15, 0.2) is 0 Å². The molecule has 0 bridgehead atoms. The van der Waals surface area contributed by atoms with E-state index in [4.69, 9.17) is 9.15 Å². The van der Waals surface area contributed by atoms with Crippen LogP contribution in [0, 0.1) is 0 Å². The Bertz CT molecular complexity index is 1150. The molecular formula is C26H27F3O3. The molecule has 2 aromatic carbocycles. The molecule has 1 heterocycles. The van der Waals surface area contributed by atoms with Gasteiger partial charge in [-0.2, -0.15) is 13.2 Å². The Labute approximate surface area is 185 Å². The van der Waals surface area contributed by atoms with Crippen LogP contribution in [0.3, 0.4) is 0 Å². The largest absolute Gasteiger partial charge is 0.496 e. The van der Waals surface area contributed by atoms with Crippen LogP contribution in [0.25, 0.3) is 22.1 Å². The Morgan fingerprint density at radius 3 is 2.34 bits per heavy atom. The Balaban J connectivity index is 1.81. The molecule has 0 saturated heterocycles. The molecular weight excluding hydrogens is 417 g/mol. The molecule has 4 rings (SSSR count). The highest BCUT2D eigenvalue weighted by Crippen LogP contribution is 2.47. The van der Waals surface area contributed by atoms with Crippen LogP contribution in [-0.2, 0) is 11.6 Å². The SMILES string of the molecule is CCCCC1(c2cc(OC)c3cc(-c4ccc(C(F)(F)F)cc4)c(=O)oc3c2)CCCC1. The highest BCUT2D eigenvalue weighted by molar-refractivity contribution is 5.88. The number of halogens is 3. The molecule has 3 aromatic rings. The summed E-state index contributed by atoms with van der Waals surface area (Å²) in [7, 11) is 1.58. The van der Waals surface area contributed by atoms with Crippen LogP contribution in [0.5, 0.6) is 5.75 Å². The third kappa shape index (κ3) is 4.15. The van der Waals surface area contributed by atoms with E-state index in [2.05, 4.69) is 6.92 Å². The molecule has 0 atom stereocenters. The van der Waals surface area contributed by atoms with Gasteiger partial charge in [0.1, 0.15) is 11.3 Å². The number of methoxy groups -OCH3 is 1. The van der Waals surface area contributed by atoms with Gasteiger partial charge in [-0.1, -0.05) is 44.7 Å². The van der Waals surface area contributed by atoms with E-state index in [1.165, 1.54) is 25.0 Å². The summed E-state index contributed by atoms with van der Waals surface area (Å²) in [5.74, 6) is 0.609. The Morgan fingerprint density at radius 2 is 1.75 bits per heavy atom. The standard InChI is InChI=1S/C26H27F3O3/c1-3-4-11-25(12-5-6-13-25)19-14-22(31-2)21-16-20(24(30)32-23(21)15-19)17-7-9-18(10-8-17)26(27,28)29/h7-10,14-16H,3-6,11-13H2,1-2H3. The van der Waals surface area contributed by atoms with Crippen molar-refractivity contribution in [3.05, 3.63) is 64.0 Å². The van der Waals surface area contributed by atoms with Crippen LogP contribution in [0.15, 0.2) is 51.7 Å². The number of rotatable bonds is 6. The lowest BCUT2D eigenvalue weighted by Crippen LogP contribution is -2.22. The highest BCUT2D eigenvalue weighted by Gasteiger charge is 2.36. The predicted octanol–water partition coefficient (Wildman–Crippen LogP) is 7.49. The van der Waals surface area contributed by atoms with Gasteiger partial charge in [0, 0.05) is 0 Å². The first kappa shape index (κ1) is 22.4. The van der Waals surface area contributed by atoms with Crippen LogP contribution >= 0.6 is 0 Å². The first-order valence-electron chi connectivity index (χ1n) is 11.1. The maximum Gasteiger partial charge on any atom is 0.416 e. The number of alkyl halides is 3. The number of unbranched alkanes of at least 4 members (excludes halogenated alkanes) is 1. The molecule has 1 fully saturated rings. The summed E-state index contributed by atoms with van der Waals surface area (Å²) in [6, 6.07) is 10.2. The average molecular weight is 444 g/mol. The average Bonchev–Trinajstić information content (AvgIpc) is 3.26. The van der Waals surface area contributed by atoms with E-state index in [0.717, 1.165) is 49.8 Å². The van der Waals surface area contributed by atoms with Gasteiger partial charge in [-0.3, -0.25) is 0 Å². The molecule has 0 unspecified atom stereocenters. The summed E-state index contributed by atoms with van der Waals surface area (Å²) >= 11 is 0. The second-order valence-electron chi connectivity index (χ2n) is 8.70. The second-order valence-corrected chi connectivity index (χ2v) is 8.70. The molecule has 1 aliphatic rings. The summed E-state index contributed by atoms with van der Waals surface area (Å²) in [6.07, 6.45) is 3.49. The maximum atomic E-state index is 12.9. The number of benzene rings is 2. The molecule has 3 nitrogen and oxygen atoms in total. The van der Waals surface area contributed by atoms with Gasteiger partial charge in [0.25, 0.3) is 0 Å². The summed E-state index contributed by atoms with van der Waals surface area (Å²) in [6.45, 7) is 2.19. The smallest absolute Gasteiger partial charge is 0.416 e. The van der Waals surface area contributed by atoms with Crippen LogP contribution in [0.4, 0.5) is 13.2 Å². The molecule has 170 valence electrons. The quantitative estimate of drug-likeness (QED) is 0.370. The van der Waals surface area contributed by atoms with Gasteiger partial charge in [-0.15, -0.1) is 0 Å². The number of fused-ring (bicyclic) bond motifs is 1. The molecule has 1 aliphatic carbocycles. The van der Waals surface area contributed by atoms with Crippen molar-refractivity contribution >= 4 is 11.0 Å². The zero-order chi connectivity index (χ0) is 22.9. The molecule has 0 spiro atoms. The Morgan fingerprint density at radius 1 is 1.06 bits per heavy atom. The van der Waals surface area contributed by atoms with Crippen molar-refractivity contribution in [2.24, 2.45) is 0 Å². The zero-order valence-corrected chi connectivity index (χ0v) is 18.3. The number of ether oxygens (including phenoxy) is 1. The fraction of sp³-hybridized carbons (Fsp3) is 0.423. The maximum absolute atomic E-state index is 12.9. The summed E-state index contributed by atoms with van der Waals surface area (Å²) in [4.78, 5) is 12.8. The molecule has 32 heavy (non-hydrogen) atoms. The van der Waals surface area contributed by atoms with Crippen molar-refractivity contribution < 1.29 is 22.3 Å². The van der Waals surface area contributed by atoms with Gasteiger partial charge >= 0.3 is 11.8 Å². The van der Waals surface area contributed by atoms with Crippen molar-refractivity contribution in [2.45, 2.75) is 63.5 Å². The zero-order valence-electron chi connectivity index (χ0n) is 18.3. The van der Waals surface area contributed by atoms with Crippen molar-refractivity contribution in [1.29, 1.82) is 0 Å². The lowest BCUT2D eigenvalue weighted by Gasteiger charge is -2.30. The number of hydrogen-bond acceptors (Lipinski definition) is 3. The normalized spacial score (nSPS) is 15.9. The fourth-order valence-electron chi connectivity index (χ4n) is 4.95. The lowest BCUT2D eigenvalue weighted by atomic mass is 9.74. The van der Waals surface area contributed by atoms with Gasteiger partial charge < -0.3 is 9.15 Å². The van der Waals surface area contributed by atoms with Gasteiger partial charge in [0.2, 0.25) is 0 Å². The van der Waals surface area contributed by atoms with Crippen LogP contribution in [0.2, 0.25) is 0 Å². The minimum absolute atomic E-state index is 0.0716. The van der Waals surface area contributed by atoms with Crippen molar-refractivity contribution in [2.75, 3.05) is 7.11 Å². The lowest BCUT2D eigenvalue weighted by molar-refractivity contribution is -0.137. The highest BCUT2D eigenvalue weighted by atomic mass is 19.4. The molecule has 1 aromatic heterocycles. The molecule has 0 radical (unpaired) electrons. The molecule has 1 saturated carbocycles. The number of hydrogen-bond donors (Lipinski definition) is 0. The van der Waals surface area contributed by atoms with Crippen LogP contribution < -0.4 is 10.4 Å². The van der Waals surface area contributed by atoms with E-state index >= 15 is 0 Å². The molecule has 0 N–H and O–H groups in total. The molecule has 0 aliphatic heterocycles. The van der Waals surface area contributed by atoms with Crippen molar-refractivity contribution in [3.63, 3.8) is 0 Å². The van der Waals surface area contributed by atoms with E-state index in [0.29, 0.717) is 22.3 Å². The Kier molecular flexibility index (Phi) is 6.06. The minimum Gasteiger partial charge on any atom is -0.496 e. The van der Waals surface area contributed by atoms with E-state index in [1.807, 2.05) is 12.1 Å². The van der Waals surface area contributed by atoms with Gasteiger partial charge in [-0.05, 0) is 66.1 Å². The topological polar surface area (TPSA) is 39.4 Å². The predicted molar refractivity (Wildman–Crippen MR) is 119 cm³/mol. The van der Waals surface area contributed by atoms with Crippen LogP contribution in [-0.4, -0.2) is 7.11 Å². The van der Waals surface area contributed by atoms with Gasteiger partial charge in [-0.25, -0.2) is 4.79 Å². The monoisotopic (exact) mass is 444 g/mol. The van der Waals surface area contributed by atoms with E-state index in [-0.39, 0.29) is 11.0 Å².